The Balaban J connectivity index is 0.853. The second kappa shape index (κ2) is 13.2. The Labute approximate surface area is 385 Å². The van der Waals surface area contributed by atoms with Gasteiger partial charge in [0.1, 0.15) is 52.5 Å². The lowest BCUT2D eigenvalue weighted by Crippen LogP contribution is -2.06. The molecule has 0 spiro atoms. The van der Waals surface area contributed by atoms with Crippen LogP contribution in [0.4, 0.5) is 0 Å². The third-order valence-electron chi connectivity index (χ3n) is 14.3. The lowest BCUT2D eigenvalue weighted by molar-refractivity contribution is 0.598. The van der Waals surface area contributed by atoms with Gasteiger partial charge in [-0.1, -0.05) is 72.8 Å². The van der Waals surface area contributed by atoms with E-state index in [1.165, 1.54) is 21.5 Å². The molecule has 6 heterocycles. The molecule has 16 aromatic rings. The summed E-state index contributed by atoms with van der Waals surface area (Å²) in [6, 6.07) is 66.8. The molecule has 0 bridgehead atoms. The Kier molecular flexibility index (Phi) is 7.07. The highest BCUT2D eigenvalue weighted by Gasteiger charge is 2.23. The molecule has 0 radical (unpaired) electrons. The van der Waals surface area contributed by atoms with Crippen LogP contribution in [0.15, 0.2) is 212 Å². The summed E-state index contributed by atoms with van der Waals surface area (Å²) in [7, 11) is -2.52. The molecule has 0 atom stereocenters. The zero-order valence-electron chi connectivity index (χ0n) is 35.9. The number of hydrogen-bond acceptors (Lipinski definition) is 5. The van der Waals surface area contributed by atoms with Crippen molar-refractivity contribution < 1.29 is 22.2 Å². The second-order valence-corrected chi connectivity index (χ2v) is 19.7. The molecular weight excluding hydrogens is 860 g/mol. The number of benzene rings is 10. The Morgan fingerprint density at radius 2 is 0.559 bits per heavy atom. The maximum Gasteiger partial charge on any atom is 0.136 e. The molecule has 10 aromatic carbocycles. The van der Waals surface area contributed by atoms with Gasteiger partial charge in [0, 0.05) is 86.6 Å². The predicted molar refractivity (Wildman–Crippen MR) is 279 cm³/mol. The minimum Gasteiger partial charge on any atom is -0.456 e. The van der Waals surface area contributed by atoms with Gasteiger partial charge in [-0.2, -0.15) is 0 Å². The van der Waals surface area contributed by atoms with Gasteiger partial charge in [-0.3, -0.25) is 0 Å². The maximum absolute atomic E-state index is 15.0. The Bertz CT molecular complexity index is 4480. The van der Waals surface area contributed by atoms with Crippen LogP contribution in [0.5, 0.6) is 0 Å². The van der Waals surface area contributed by atoms with Gasteiger partial charge in [0.25, 0.3) is 0 Å². The van der Waals surface area contributed by atoms with Gasteiger partial charge < -0.3 is 31.4 Å². The first kappa shape index (κ1) is 36.4. The average molecular weight is 893 g/mol. The molecule has 0 aliphatic rings. The van der Waals surface area contributed by atoms with E-state index in [2.05, 4.69) is 143 Å². The smallest absolute Gasteiger partial charge is 0.136 e. The van der Waals surface area contributed by atoms with Crippen LogP contribution in [-0.2, 0) is 4.57 Å². The molecular formula is C60H33N2O5P. The van der Waals surface area contributed by atoms with Crippen LogP contribution in [0.2, 0.25) is 0 Å². The summed E-state index contributed by atoms with van der Waals surface area (Å²) < 4.78 is 45.7. The first-order valence-electron chi connectivity index (χ1n) is 22.8. The number of hydrogen-bond donors (Lipinski definition) is 0. The third-order valence-corrected chi connectivity index (χ3v) is 16.0. The molecule has 0 N–H and O–H groups in total. The number of furan rings is 4. The fraction of sp³-hybridized carbons (Fsp3) is 0. The standard InChI is InChI=1S/C60H33N2O5P/c63-68(35-19-23-51-43(31-35)59-55(66-51)27-25-53-57(59)41-29-33(17-21-49(41)64-53)61-45-13-5-1-9-37(45)38-10-2-6-14-46(38)61)36-20-24-52-44(32-36)60-56(67-52)28-26-54-58(60)42-30-34(18-22-50(42)65-54)62-47-15-7-3-11-39(47)40-12-4-8-16-48(40)62/h1-32,68H. The summed E-state index contributed by atoms with van der Waals surface area (Å²) in [5.74, 6) is 0. The van der Waals surface area contributed by atoms with Crippen LogP contribution < -0.4 is 10.6 Å². The normalized spacial score (nSPS) is 12.6. The number of nitrogens with zero attached hydrogens (tertiary/aromatic N) is 2. The predicted octanol–water partition coefficient (Wildman–Crippen LogP) is 16.0. The van der Waals surface area contributed by atoms with Crippen molar-refractivity contribution in [3.63, 3.8) is 0 Å². The van der Waals surface area contributed by atoms with Crippen molar-refractivity contribution in [2.75, 3.05) is 0 Å². The molecule has 0 aliphatic heterocycles. The van der Waals surface area contributed by atoms with Crippen molar-refractivity contribution in [2.45, 2.75) is 0 Å². The summed E-state index contributed by atoms with van der Waals surface area (Å²) in [6.07, 6.45) is 0. The second-order valence-electron chi connectivity index (χ2n) is 17.9. The highest BCUT2D eigenvalue weighted by Crippen LogP contribution is 2.44. The number of aromatic nitrogens is 2. The fourth-order valence-corrected chi connectivity index (χ4v) is 12.7. The minimum absolute atomic E-state index is 0.727. The Morgan fingerprint density at radius 1 is 0.279 bits per heavy atom. The van der Waals surface area contributed by atoms with Crippen LogP contribution >= 0.6 is 7.80 Å². The van der Waals surface area contributed by atoms with Crippen molar-refractivity contribution >= 4 is 150 Å². The lowest BCUT2D eigenvalue weighted by Gasteiger charge is -2.08. The minimum atomic E-state index is -2.52. The van der Waals surface area contributed by atoms with Gasteiger partial charge >= 0.3 is 0 Å². The van der Waals surface area contributed by atoms with Crippen LogP contribution in [0.25, 0.3) is 143 Å². The molecule has 68 heavy (non-hydrogen) atoms. The highest BCUT2D eigenvalue weighted by atomic mass is 31.1. The van der Waals surface area contributed by atoms with E-state index < -0.39 is 7.80 Å². The molecule has 0 amide bonds. The molecule has 0 unspecified atom stereocenters. The van der Waals surface area contributed by atoms with E-state index in [4.69, 9.17) is 17.7 Å². The summed E-state index contributed by atoms with van der Waals surface area (Å²) in [5.41, 5.74) is 12.7. The zero-order chi connectivity index (χ0) is 44.4. The quantitative estimate of drug-likeness (QED) is 0.164. The monoisotopic (exact) mass is 892 g/mol. The van der Waals surface area contributed by atoms with Gasteiger partial charge in [-0.05, 0) is 121 Å². The van der Waals surface area contributed by atoms with Crippen molar-refractivity contribution in [3.8, 4) is 11.4 Å². The zero-order valence-corrected chi connectivity index (χ0v) is 36.9. The largest absolute Gasteiger partial charge is 0.456 e. The van der Waals surface area contributed by atoms with Gasteiger partial charge in [0.2, 0.25) is 0 Å². The molecule has 7 nitrogen and oxygen atoms in total. The van der Waals surface area contributed by atoms with Gasteiger partial charge in [-0.25, -0.2) is 0 Å². The molecule has 0 fully saturated rings. The van der Waals surface area contributed by atoms with E-state index in [0.717, 1.165) is 132 Å². The van der Waals surface area contributed by atoms with E-state index >= 15 is 0 Å². The first-order valence-corrected chi connectivity index (χ1v) is 24.2. The van der Waals surface area contributed by atoms with Gasteiger partial charge in [0.15, 0.2) is 0 Å². The maximum atomic E-state index is 15.0. The first-order chi connectivity index (χ1) is 33.6. The van der Waals surface area contributed by atoms with Crippen LogP contribution in [0.1, 0.15) is 0 Å². The van der Waals surface area contributed by atoms with Crippen molar-refractivity contribution in [1.29, 1.82) is 0 Å². The molecule has 6 aromatic heterocycles. The molecule has 0 aliphatic carbocycles. The van der Waals surface area contributed by atoms with E-state index in [1.54, 1.807) is 0 Å². The number of para-hydroxylation sites is 4. The van der Waals surface area contributed by atoms with Crippen LogP contribution in [0, 0.1) is 0 Å². The van der Waals surface area contributed by atoms with E-state index in [1.807, 2.05) is 60.7 Å². The lowest BCUT2D eigenvalue weighted by atomic mass is 10.0. The fourth-order valence-electron chi connectivity index (χ4n) is 11.4. The molecule has 8 heteroatoms. The summed E-state index contributed by atoms with van der Waals surface area (Å²) >= 11 is 0. The van der Waals surface area contributed by atoms with Gasteiger partial charge in [0.05, 0.1) is 22.1 Å². The third kappa shape index (κ3) is 4.85. The average Bonchev–Trinajstić information content (AvgIpc) is 4.24. The van der Waals surface area contributed by atoms with Crippen molar-refractivity contribution in [2.24, 2.45) is 0 Å². The van der Waals surface area contributed by atoms with Gasteiger partial charge in [-0.15, -0.1) is 0 Å². The topological polar surface area (TPSA) is 79.5 Å². The van der Waals surface area contributed by atoms with E-state index in [9.17, 15) is 4.57 Å². The number of fused-ring (bicyclic) bond motifs is 20. The molecule has 16 rings (SSSR count). The molecule has 0 saturated heterocycles. The van der Waals surface area contributed by atoms with Crippen molar-refractivity contribution in [3.05, 3.63) is 194 Å². The summed E-state index contributed by atoms with van der Waals surface area (Å²) in [4.78, 5) is 0. The van der Waals surface area contributed by atoms with Crippen LogP contribution in [0.3, 0.4) is 0 Å². The molecule has 0 saturated carbocycles. The van der Waals surface area contributed by atoms with E-state index in [0.29, 0.717) is 0 Å². The Hall–Kier alpha value is -8.77. The SMILES string of the molecule is O=[PH](c1ccc2oc3ccc4oc5ccc(-n6c7ccccc7c7ccccc76)cc5c4c3c2c1)c1ccc2oc3ccc4oc5ccc(-n6c7ccccc7c7ccccc76)cc5c4c3c2c1. The van der Waals surface area contributed by atoms with Crippen molar-refractivity contribution in [1.82, 2.24) is 9.13 Å². The highest BCUT2D eigenvalue weighted by molar-refractivity contribution is 7.61. The Morgan fingerprint density at radius 3 is 0.897 bits per heavy atom. The molecule has 318 valence electrons. The number of rotatable bonds is 4. The summed E-state index contributed by atoms with van der Waals surface area (Å²) in [6.45, 7) is 0. The van der Waals surface area contributed by atoms with E-state index in [-0.39, 0.29) is 0 Å². The van der Waals surface area contributed by atoms with Crippen LogP contribution in [-0.4, -0.2) is 9.13 Å². The summed E-state index contributed by atoms with van der Waals surface area (Å²) in [5, 5.41) is 13.9.